The number of anilines is 1. The number of carbonyl (C=O) groups excluding carboxylic acids is 1. The number of alkyl halides is 4. The van der Waals surface area contributed by atoms with E-state index in [-0.39, 0.29) is 0 Å². The summed E-state index contributed by atoms with van der Waals surface area (Å²) >= 11 is 11.1. The number of hydrogen-bond donors (Lipinski definition) is 2. The summed E-state index contributed by atoms with van der Waals surface area (Å²) in [6, 6.07) is 1.44. The van der Waals surface area contributed by atoms with Crippen molar-refractivity contribution in [3.8, 4) is 0 Å². The number of nitrogens with one attached hydrogen (secondary N) is 1. The van der Waals surface area contributed by atoms with Crippen LogP contribution in [-0.2, 0) is 14.8 Å². The Morgan fingerprint density at radius 2 is 1.67 bits per heavy atom. The van der Waals surface area contributed by atoms with Crippen molar-refractivity contribution < 1.29 is 30.8 Å². The van der Waals surface area contributed by atoms with Crippen molar-refractivity contribution >= 4 is 44.8 Å². The van der Waals surface area contributed by atoms with Gasteiger partial charge in [0.1, 0.15) is 0 Å². The van der Waals surface area contributed by atoms with Gasteiger partial charge in [-0.2, -0.15) is 8.78 Å². The normalized spacial score (nSPS) is 12.6. The lowest BCUT2D eigenvalue weighted by Crippen LogP contribution is -2.41. The van der Waals surface area contributed by atoms with Crippen LogP contribution in [0.3, 0.4) is 0 Å². The lowest BCUT2D eigenvalue weighted by molar-refractivity contribution is -0.163. The summed E-state index contributed by atoms with van der Waals surface area (Å²) in [5.74, 6) is -7.31. The van der Waals surface area contributed by atoms with E-state index in [1.165, 1.54) is 5.32 Å². The third-order valence-electron chi connectivity index (χ3n) is 2.16. The van der Waals surface area contributed by atoms with Gasteiger partial charge in [0.2, 0.25) is 10.0 Å². The number of halogens is 6. The van der Waals surface area contributed by atoms with Crippen LogP contribution in [0, 0.1) is 0 Å². The van der Waals surface area contributed by atoms with Crippen molar-refractivity contribution in [2.24, 2.45) is 5.14 Å². The summed E-state index contributed by atoms with van der Waals surface area (Å²) in [6.07, 6.45) is -4.24. The Balaban J connectivity index is 3.21. The van der Waals surface area contributed by atoms with Gasteiger partial charge in [-0.3, -0.25) is 4.79 Å². The van der Waals surface area contributed by atoms with Crippen molar-refractivity contribution in [1.82, 2.24) is 0 Å². The van der Waals surface area contributed by atoms with Gasteiger partial charge in [0, 0.05) is 0 Å². The van der Waals surface area contributed by atoms with Crippen molar-refractivity contribution in [3.63, 3.8) is 0 Å². The molecule has 5 nitrogen and oxygen atoms in total. The molecule has 1 aromatic carbocycles. The van der Waals surface area contributed by atoms with Crippen LogP contribution in [0.15, 0.2) is 17.0 Å². The average Bonchev–Trinajstić information content (AvgIpc) is 2.31. The Bertz CT molecular complexity index is 659. The number of carbonyl (C=O) groups is 1. The summed E-state index contributed by atoms with van der Waals surface area (Å²) in [5, 5.41) is 5.08. The Morgan fingerprint density at radius 1 is 1.24 bits per heavy atom. The first-order valence-electron chi connectivity index (χ1n) is 4.86. The minimum absolute atomic E-state index is 0.545. The van der Waals surface area contributed by atoms with E-state index >= 15 is 0 Å². The number of benzene rings is 1. The molecule has 0 aliphatic rings. The molecule has 3 N–H and O–H groups in total. The van der Waals surface area contributed by atoms with Gasteiger partial charge in [-0.1, -0.05) is 23.2 Å². The number of primary sulfonamides is 1. The number of sulfonamides is 1. The van der Waals surface area contributed by atoms with E-state index in [1.54, 1.807) is 0 Å². The van der Waals surface area contributed by atoms with Crippen LogP contribution in [0.5, 0.6) is 0 Å². The molecule has 0 radical (unpaired) electrons. The Labute approximate surface area is 126 Å². The smallest absolute Gasteiger partial charge is 0.318 e. The maximum absolute atomic E-state index is 12.8. The third kappa shape index (κ3) is 3.96. The van der Waals surface area contributed by atoms with Crippen LogP contribution in [0.1, 0.15) is 0 Å². The van der Waals surface area contributed by atoms with Gasteiger partial charge in [0.05, 0.1) is 20.6 Å². The minimum Gasteiger partial charge on any atom is -0.318 e. The molecule has 0 bridgehead atoms. The lowest BCUT2D eigenvalue weighted by atomic mass is 10.2. The number of amides is 1. The fraction of sp³-hybridized carbons (Fsp3) is 0.222. The van der Waals surface area contributed by atoms with E-state index in [4.69, 9.17) is 28.3 Å². The second kappa shape index (κ2) is 5.95. The number of hydrogen-bond acceptors (Lipinski definition) is 3. The molecule has 1 rings (SSSR count). The molecule has 0 spiro atoms. The summed E-state index contributed by atoms with van der Waals surface area (Å²) in [4.78, 5) is 10.5. The molecular formula is C9H6Cl2F4N2O3S. The molecule has 0 saturated carbocycles. The second-order valence-corrected chi connectivity index (χ2v) is 6.06. The van der Waals surface area contributed by atoms with E-state index in [0.29, 0.717) is 0 Å². The van der Waals surface area contributed by atoms with Crippen LogP contribution in [0.2, 0.25) is 10.0 Å². The maximum Gasteiger partial charge on any atom is 0.383 e. The fourth-order valence-corrected chi connectivity index (χ4v) is 2.40. The number of rotatable bonds is 4. The van der Waals surface area contributed by atoms with E-state index < -0.39 is 48.9 Å². The second-order valence-electron chi connectivity index (χ2n) is 3.68. The molecule has 0 aromatic heterocycles. The van der Waals surface area contributed by atoms with E-state index in [1.807, 2.05) is 0 Å². The first kappa shape index (κ1) is 18.0. The Morgan fingerprint density at radius 3 is 2.00 bits per heavy atom. The summed E-state index contributed by atoms with van der Waals surface area (Å²) in [7, 11) is -4.18. The largest absolute Gasteiger partial charge is 0.383 e. The fourth-order valence-electron chi connectivity index (χ4n) is 1.13. The molecule has 0 unspecified atom stereocenters. The van der Waals surface area contributed by atoms with Gasteiger partial charge in [0.15, 0.2) is 0 Å². The highest BCUT2D eigenvalue weighted by Crippen LogP contribution is 2.34. The predicted molar refractivity (Wildman–Crippen MR) is 67.4 cm³/mol. The van der Waals surface area contributed by atoms with Crippen molar-refractivity contribution in [1.29, 1.82) is 0 Å². The van der Waals surface area contributed by atoms with Gasteiger partial charge >= 0.3 is 18.3 Å². The molecule has 1 amide bonds. The zero-order valence-corrected chi connectivity index (χ0v) is 12.0. The van der Waals surface area contributed by atoms with Gasteiger partial charge in [-0.25, -0.2) is 22.3 Å². The van der Waals surface area contributed by atoms with Crippen LogP contribution in [0.25, 0.3) is 0 Å². The first-order valence-corrected chi connectivity index (χ1v) is 7.17. The monoisotopic (exact) mass is 368 g/mol. The molecule has 0 saturated heterocycles. The summed E-state index contributed by atoms with van der Waals surface area (Å²) in [5.41, 5.74) is -0.643. The Kier molecular flexibility index (Phi) is 5.09. The minimum atomic E-state index is -4.97. The molecule has 0 heterocycles. The van der Waals surface area contributed by atoms with E-state index in [9.17, 15) is 30.8 Å². The molecular weight excluding hydrogens is 363 g/mol. The molecule has 118 valence electrons. The van der Waals surface area contributed by atoms with Gasteiger partial charge in [0.25, 0.3) is 0 Å². The molecule has 0 atom stereocenters. The van der Waals surface area contributed by atoms with Crippen molar-refractivity contribution in [3.05, 3.63) is 22.2 Å². The maximum atomic E-state index is 12.8. The lowest BCUT2D eigenvalue weighted by Gasteiger charge is -2.16. The van der Waals surface area contributed by atoms with E-state index in [0.717, 1.165) is 12.1 Å². The van der Waals surface area contributed by atoms with Crippen LogP contribution >= 0.6 is 23.2 Å². The summed E-state index contributed by atoms with van der Waals surface area (Å²) in [6.45, 7) is 0. The quantitative estimate of drug-likeness (QED) is 0.800. The van der Waals surface area contributed by atoms with Crippen LogP contribution in [-0.4, -0.2) is 26.7 Å². The molecule has 21 heavy (non-hydrogen) atoms. The highest BCUT2D eigenvalue weighted by atomic mass is 35.5. The van der Waals surface area contributed by atoms with E-state index in [2.05, 4.69) is 0 Å². The van der Waals surface area contributed by atoms with Crippen LogP contribution in [0.4, 0.5) is 23.2 Å². The molecule has 0 aliphatic carbocycles. The van der Waals surface area contributed by atoms with Crippen LogP contribution < -0.4 is 10.5 Å². The third-order valence-corrected chi connectivity index (χ3v) is 3.65. The van der Waals surface area contributed by atoms with Crippen molar-refractivity contribution in [2.75, 3.05) is 5.32 Å². The highest BCUT2D eigenvalue weighted by molar-refractivity contribution is 7.89. The summed E-state index contributed by atoms with van der Waals surface area (Å²) < 4.78 is 71.8. The first-order chi connectivity index (χ1) is 9.37. The topological polar surface area (TPSA) is 89.3 Å². The van der Waals surface area contributed by atoms with Gasteiger partial charge < -0.3 is 5.32 Å². The predicted octanol–water partition coefficient (Wildman–Crippen LogP) is 2.48. The van der Waals surface area contributed by atoms with Gasteiger partial charge in [-0.05, 0) is 12.1 Å². The molecule has 12 heteroatoms. The molecule has 0 aliphatic heterocycles. The highest BCUT2D eigenvalue weighted by Gasteiger charge is 2.49. The standard InChI is InChI=1S/C9H6Cl2F4N2O3S/c10-4-1-3(21(16,19)20)2-5(11)6(4)17-8(18)9(14,15)7(12)13/h1-2,7H,(H,17,18)(H2,16,19,20). The zero-order chi connectivity index (χ0) is 16.6. The molecule has 1 aromatic rings. The molecule has 0 fully saturated rings. The average molecular weight is 369 g/mol. The SMILES string of the molecule is NS(=O)(=O)c1cc(Cl)c(NC(=O)C(F)(F)C(F)F)c(Cl)c1. The van der Waals surface area contributed by atoms with Gasteiger partial charge in [-0.15, -0.1) is 0 Å². The zero-order valence-electron chi connectivity index (χ0n) is 9.71. The Hall–Kier alpha value is -1.10. The number of nitrogens with two attached hydrogens (primary N) is 1. The van der Waals surface area contributed by atoms with Crippen molar-refractivity contribution in [2.45, 2.75) is 17.2 Å².